The van der Waals surface area contributed by atoms with E-state index >= 15 is 0 Å². The van der Waals surface area contributed by atoms with Crippen molar-refractivity contribution in [3.63, 3.8) is 0 Å². The molecule has 1 aromatic heterocycles. The second-order valence-corrected chi connectivity index (χ2v) is 11.7. The molecule has 2 rings (SSSR count). The number of hydrogen-bond acceptors (Lipinski definition) is 8. The van der Waals surface area contributed by atoms with Crippen LogP contribution < -0.4 is 5.32 Å². The molecule has 4 unspecified atom stereocenters. The van der Waals surface area contributed by atoms with Crippen LogP contribution in [0.3, 0.4) is 0 Å². The molecule has 0 saturated carbocycles. The molecule has 4 atom stereocenters. The molecule has 0 bridgehead atoms. The average Bonchev–Trinajstić information content (AvgIpc) is 3.49. The minimum absolute atomic E-state index is 0.0528. The number of unbranched alkanes of at least 4 members (excludes halogenated alkanes) is 1. The van der Waals surface area contributed by atoms with Crippen LogP contribution in [-0.4, -0.2) is 59.9 Å². The monoisotopic (exact) mass is 617 g/mol. The van der Waals surface area contributed by atoms with Gasteiger partial charge in [-0.25, -0.2) is 4.98 Å². The molecule has 2 amide bonds. The molecule has 1 heterocycles. The number of nitrogens with zero attached hydrogens (tertiary/aromatic N) is 2. The van der Waals surface area contributed by atoms with Crippen LogP contribution in [0.25, 0.3) is 0 Å². The smallest absolute Gasteiger partial charge is 0.308 e. The zero-order valence-corrected chi connectivity index (χ0v) is 28.2. The third kappa shape index (κ3) is 12.9. The highest BCUT2D eigenvalue weighted by Crippen LogP contribution is 2.30. The molecule has 0 aliphatic heterocycles. The lowest BCUT2D eigenvalue weighted by Crippen LogP contribution is -2.41. The number of ether oxygens (including phenoxy) is 2. The van der Waals surface area contributed by atoms with Crippen molar-refractivity contribution in [1.82, 2.24) is 15.2 Å². The van der Waals surface area contributed by atoms with Crippen LogP contribution in [0.15, 0.2) is 35.7 Å². The van der Waals surface area contributed by atoms with Gasteiger partial charge in [0, 0.05) is 44.3 Å². The van der Waals surface area contributed by atoms with Crippen molar-refractivity contribution in [3.05, 3.63) is 52.0 Å². The van der Waals surface area contributed by atoms with Gasteiger partial charge >= 0.3 is 11.9 Å². The fourth-order valence-electron chi connectivity index (χ4n) is 4.80. The fourth-order valence-corrected chi connectivity index (χ4v) is 5.64. The average molecular weight is 618 g/mol. The number of benzene rings is 1. The van der Waals surface area contributed by atoms with E-state index in [0.717, 1.165) is 18.4 Å². The summed E-state index contributed by atoms with van der Waals surface area (Å²) in [4.78, 5) is 56.5. The van der Waals surface area contributed by atoms with Gasteiger partial charge in [0.1, 0.15) is 10.7 Å². The van der Waals surface area contributed by atoms with Crippen LogP contribution >= 0.6 is 11.3 Å². The van der Waals surface area contributed by atoms with E-state index in [1.165, 1.54) is 25.4 Å². The summed E-state index contributed by atoms with van der Waals surface area (Å²) in [6, 6.07) is 9.22. The summed E-state index contributed by atoms with van der Waals surface area (Å²) in [6.45, 7) is 13.2. The fraction of sp³-hybridized carbons (Fsp3) is 0.606. The maximum atomic E-state index is 13.3. The Morgan fingerprint density at radius 1 is 1.05 bits per heavy atom. The van der Waals surface area contributed by atoms with E-state index in [-0.39, 0.29) is 41.5 Å². The maximum absolute atomic E-state index is 13.3. The van der Waals surface area contributed by atoms with Crippen LogP contribution in [0.1, 0.15) is 108 Å². The minimum Gasteiger partial charge on any atom is -0.469 e. The van der Waals surface area contributed by atoms with Crippen LogP contribution in [0.4, 0.5) is 0 Å². The lowest BCUT2D eigenvalue weighted by molar-refractivity contribution is -0.148. The Kier molecular flexibility index (Phi) is 17.4. The molecule has 43 heavy (non-hydrogen) atoms. The van der Waals surface area contributed by atoms with Crippen LogP contribution in [-0.2, 0) is 30.3 Å². The Hall–Kier alpha value is -3.27. The molecule has 0 aliphatic rings. The Morgan fingerprint density at radius 2 is 1.70 bits per heavy atom. The summed E-state index contributed by atoms with van der Waals surface area (Å²) >= 11 is 1.24. The van der Waals surface area contributed by atoms with Crippen LogP contribution in [0.5, 0.6) is 0 Å². The summed E-state index contributed by atoms with van der Waals surface area (Å²) < 4.78 is 10.5. The van der Waals surface area contributed by atoms with E-state index in [2.05, 4.69) is 10.3 Å². The van der Waals surface area contributed by atoms with Gasteiger partial charge in [-0.05, 0) is 30.7 Å². The van der Waals surface area contributed by atoms with Crippen molar-refractivity contribution in [2.24, 2.45) is 11.8 Å². The number of methoxy groups -OCH3 is 1. The predicted molar refractivity (Wildman–Crippen MR) is 171 cm³/mol. The van der Waals surface area contributed by atoms with Gasteiger partial charge < -0.3 is 19.7 Å². The van der Waals surface area contributed by atoms with Gasteiger partial charge in [0.05, 0.1) is 13.0 Å². The first kappa shape index (κ1) is 37.8. The van der Waals surface area contributed by atoms with Crippen molar-refractivity contribution in [1.29, 1.82) is 0 Å². The molecule has 1 aromatic carbocycles. The number of aromatic nitrogens is 1. The molecule has 0 aliphatic carbocycles. The number of carbonyl (C=O) groups is 4. The van der Waals surface area contributed by atoms with Gasteiger partial charge in [-0.2, -0.15) is 0 Å². The van der Waals surface area contributed by atoms with Gasteiger partial charge in [-0.3, -0.25) is 19.2 Å². The molecule has 9 nitrogen and oxygen atoms in total. The summed E-state index contributed by atoms with van der Waals surface area (Å²) in [7, 11) is 3.14. The van der Waals surface area contributed by atoms with Gasteiger partial charge in [-0.15, -0.1) is 11.3 Å². The number of nitrogens with one attached hydrogen (secondary N) is 1. The molecule has 240 valence electrons. The number of esters is 2. The van der Waals surface area contributed by atoms with Gasteiger partial charge in [-0.1, -0.05) is 78.3 Å². The van der Waals surface area contributed by atoms with E-state index in [9.17, 15) is 19.2 Å². The Balaban J connectivity index is 0.00000452. The summed E-state index contributed by atoms with van der Waals surface area (Å²) in [6.07, 6.45) is 2.81. The molecule has 0 saturated heterocycles. The van der Waals surface area contributed by atoms with Crippen molar-refractivity contribution in [3.8, 4) is 0 Å². The Morgan fingerprint density at radius 3 is 2.26 bits per heavy atom. The van der Waals surface area contributed by atoms with Crippen LogP contribution in [0.2, 0.25) is 0 Å². The third-order valence-corrected chi connectivity index (χ3v) is 8.04. The van der Waals surface area contributed by atoms with E-state index < -0.39 is 18.0 Å². The van der Waals surface area contributed by atoms with Gasteiger partial charge in [0.15, 0.2) is 6.10 Å². The van der Waals surface area contributed by atoms with Crippen molar-refractivity contribution >= 4 is 35.1 Å². The molecular weight excluding hydrogens is 566 g/mol. The number of hydrogen-bond donors (Lipinski definition) is 1. The summed E-state index contributed by atoms with van der Waals surface area (Å²) in [5, 5.41) is 5.17. The largest absolute Gasteiger partial charge is 0.469 e. The first-order chi connectivity index (χ1) is 20.5. The number of thiazole rings is 1. The first-order valence-electron chi connectivity index (χ1n) is 15.3. The summed E-state index contributed by atoms with van der Waals surface area (Å²) in [5.74, 6) is -1.41. The predicted octanol–water partition coefficient (Wildman–Crippen LogP) is 6.38. The number of rotatable bonds is 16. The van der Waals surface area contributed by atoms with E-state index in [1.54, 1.807) is 24.3 Å². The highest BCUT2D eigenvalue weighted by molar-refractivity contribution is 7.09. The number of amides is 2. The Bertz CT molecular complexity index is 1140. The lowest BCUT2D eigenvalue weighted by atomic mass is 9.96. The summed E-state index contributed by atoms with van der Waals surface area (Å²) in [5.41, 5.74) is 1.24. The normalized spacial score (nSPS) is 13.5. The van der Waals surface area contributed by atoms with E-state index in [0.29, 0.717) is 30.7 Å². The lowest BCUT2D eigenvalue weighted by Gasteiger charge is -2.33. The molecule has 2 aromatic rings. The zero-order valence-electron chi connectivity index (χ0n) is 27.3. The topological polar surface area (TPSA) is 115 Å². The standard InChI is InChI=1S/C31H45N3O6S.C2H6/c1-8-9-15-28(36)34(6)26(20(2)3)18-27(40-22(5)35)30-33-25(19-41-30)29(37)32-24(16-21(4)31(38)39-7)17-23-13-11-10-12-14-23;1-2/h10-14,19-21,24,26-27H,8-9,15-18H2,1-7H3,(H,32,37);1-2H3. The minimum atomic E-state index is -0.702. The molecule has 10 heteroatoms. The zero-order chi connectivity index (χ0) is 32.5. The second kappa shape index (κ2) is 19.8. The van der Waals surface area contributed by atoms with Gasteiger partial charge in [0.25, 0.3) is 5.91 Å². The maximum Gasteiger partial charge on any atom is 0.308 e. The van der Waals surface area contributed by atoms with Crippen molar-refractivity contribution in [2.75, 3.05) is 14.2 Å². The molecular formula is C33H51N3O6S. The highest BCUT2D eigenvalue weighted by Gasteiger charge is 2.31. The quantitative estimate of drug-likeness (QED) is 0.218. The third-order valence-electron chi connectivity index (χ3n) is 7.10. The SMILES string of the molecule is CC.CCCCC(=O)N(C)C(CC(OC(C)=O)c1nc(C(=O)NC(Cc2ccccc2)CC(C)C(=O)OC)cs1)C(C)C. The molecule has 0 spiro atoms. The Labute approximate surface area is 261 Å². The second-order valence-electron chi connectivity index (χ2n) is 10.8. The van der Waals surface area contributed by atoms with Crippen molar-refractivity contribution < 1.29 is 28.7 Å². The van der Waals surface area contributed by atoms with Crippen LogP contribution in [0, 0.1) is 11.8 Å². The number of carbonyl (C=O) groups excluding carboxylic acids is 4. The molecule has 0 radical (unpaired) electrons. The van der Waals surface area contributed by atoms with Crippen molar-refractivity contribution in [2.45, 2.75) is 105 Å². The highest BCUT2D eigenvalue weighted by atomic mass is 32.1. The first-order valence-corrected chi connectivity index (χ1v) is 16.2. The molecule has 0 fully saturated rings. The van der Waals surface area contributed by atoms with E-state index in [1.807, 2.05) is 65.0 Å². The van der Waals surface area contributed by atoms with Gasteiger partial charge in [0.2, 0.25) is 5.91 Å². The van der Waals surface area contributed by atoms with E-state index in [4.69, 9.17) is 9.47 Å². The molecule has 1 N–H and O–H groups in total.